The Balaban J connectivity index is 0.000000193. The lowest BCUT2D eigenvalue weighted by molar-refractivity contribution is -0.134. The number of fused-ring (bicyclic) bond motifs is 6. The van der Waals surface area contributed by atoms with E-state index in [4.69, 9.17) is 54.4 Å². The number of amides is 2. The maximum Gasteiger partial charge on any atom is 0.328 e. The number of ether oxygens (including phenoxy) is 2. The number of carbonyl (C=O) groups excluding carboxylic acids is 2. The van der Waals surface area contributed by atoms with Crippen LogP contribution in [0, 0.1) is 11.8 Å². The van der Waals surface area contributed by atoms with Crippen molar-refractivity contribution < 1.29 is 38.9 Å². The first-order chi connectivity index (χ1) is 24.6. The molecule has 14 nitrogen and oxygen atoms in total. The lowest BCUT2D eigenvalue weighted by atomic mass is 9.83. The number of halogens is 2. The molecular formula is C36H48Cl2N6O8. The van der Waals surface area contributed by atoms with Gasteiger partial charge in [0.15, 0.2) is 0 Å². The molecule has 2 atom stereocenters. The normalized spacial score (nSPS) is 24.1. The largest absolute Gasteiger partial charge is 0.496 e. The second-order valence-corrected chi connectivity index (χ2v) is 14.2. The molecule has 6 aliphatic heterocycles. The minimum absolute atomic E-state index is 0.0579. The third-order valence-electron chi connectivity index (χ3n) is 10.3. The van der Waals surface area contributed by atoms with E-state index in [1.54, 1.807) is 24.3 Å². The lowest BCUT2D eigenvalue weighted by Crippen LogP contribution is -2.57. The van der Waals surface area contributed by atoms with E-state index >= 15 is 0 Å². The number of methoxy groups -OCH3 is 2. The van der Waals surface area contributed by atoms with E-state index in [-0.39, 0.29) is 23.9 Å². The molecule has 0 saturated carbocycles. The highest BCUT2D eigenvalue weighted by molar-refractivity contribution is 6.34. The Labute approximate surface area is 313 Å². The van der Waals surface area contributed by atoms with Gasteiger partial charge in [-0.05, 0) is 75.8 Å². The molecule has 6 heterocycles. The molecule has 2 aromatic rings. The zero-order chi connectivity index (χ0) is 38.3. The topological polar surface area (TPSA) is 192 Å². The Morgan fingerprint density at radius 2 is 1.02 bits per heavy atom. The zero-order valence-electron chi connectivity index (χ0n) is 29.9. The molecule has 16 heteroatoms. The van der Waals surface area contributed by atoms with Gasteiger partial charge in [-0.2, -0.15) is 0 Å². The Bertz CT molecular complexity index is 1540. The summed E-state index contributed by atoms with van der Waals surface area (Å²) in [7, 11) is 6.82. The number of likely N-dealkylation sites (N-methyl/N-ethyl adjacent to an activating group) is 2. The quantitative estimate of drug-likeness (QED) is 0.224. The van der Waals surface area contributed by atoms with Gasteiger partial charge in [-0.1, -0.05) is 23.2 Å². The molecule has 284 valence electrons. The van der Waals surface area contributed by atoms with E-state index in [1.165, 1.54) is 39.9 Å². The summed E-state index contributed by atoms with van der Waals surface area (Å²) < 4.78 is 10.6. The number of carboxylic acid groups (broad SMARTS) is 2. The number of piperidine rings is 6. The first-order valence-electron chi connectivity index (χ1n) is 17.0. The Morgan fingerprint density at radius 3 is 1.27 bits per heavy atom. The summed E-state index contributed by atoms with van der Waals surface area (Å²) in [5.41, 5.74) is 13.4. The van der Waals surface area contributed by atoms with Crippen molar-refractivity contribution in [3.8, 4) is 11.5 Å². The standard InChI is InChI=1S/2C16H22ClN3O2.C4H4O4/c2*1-19(14-9-20-5-3-10(14)4-6-20)16(21)11-7-12(17)13(18)8-15(11)22-2;5-3(6)1-2-4(7)8/h2*7-8,10,14H,3-6,9,18H2,1-2H3;1-2H,(H,5,6)(H,7,8)/b;;2-1+. The molecule has 2 unspecified atom stereocenters. The van der Waals surface area contributed by atoms with Crippen LogP contribution in [0.15, 0.2) is 36.4 Å². The number of benzene rings is 2. The van der Waals surface area contributed by atoms with Crippen LogP contribution < -0.4 is 20.9 Å². The van der Waals surface area contributed by atoms with Crippen molar-refractivity contribution >= 4 is 58.3 Å². The fraction of sp³-hybridized carbons (Fsp3) is 0.500. The average Bonchev–Trinajstić information content (AvgIpc) is 3.16. The molecule has 6 fully saturated rings. The number of aliphatic carboxylic acids is 2. The predicted molar refractivity (Wildman–Crippen MR) is 199 cm³/mol. The number of nitrogen functional groups attached to an aromatic ring is 2. The van der Waals surface area contributed by atoms with Gasteiger partial charge in [-0.25, -0.2) is 9.59 Å². The third kappa shape index (κ3) is 9.79. The minimum Gasteiger partial charge on any atom is -0.496 e. The first kappa shape index (κ1) is 40.5. The molecule has 6 saturated heterocycles. The number of carbonyl (C=O) groups is 4. The van der Waals surface area contributed by atoms with Crippen LogP contribution in [0.3, 0.4) is 0 Å². The summed E-state index contributed by atoms with van der Waals surface area (Å²) in [5.74, 6) is -0.502. The Morgan fingerprint density at radius 1 is 0.692 bits per heavy atom. The maximum absolute atomic E-state index is 12.9. The summed E-state index contributed by atoms with van der Waals surface area (Å²) in [6.07, 6.45) is 5.79. The highest BCUT2D eigenvalue weighted by Crippen LogP contribution is 2.35. The van der Waals surface area contributed by atoms with E-state index < -0.39 is 11.9 Å². The van der Waals surface area contributed by atoms with E-state index in [2.05, 4.69) is 9.80 Å². The summed E-state index contributed by atoms with van der Waals surface area (Å²) in [4.78, 5) is 53.4. The molecule has 6 aliphatic rings. The SMILES string of the molecule is COc1cc(N)c(Cl)cc1C(=O)N(C)C1CN2CCC1CC2.COc1cc(N)c(Cl)cc1C(=O)N(C)C1CN2CCC1CC2.O=C(O)/C=C/C(=O)O. The molecular weight excluding hydrogens is 715 g/mol. The van der Waals surface area contributed by atoms with Crippen molar-refractivity contribution in [3.05, 3.63) is 57.6 Å². The number of hydrogen-bond donors (Lipinski definition) is 4. The van der Waals surface area contributed by atoms with Gasteiger partial charge >= 0.3 is 11.9 Å². The van der Waals surface area contributed by atoms with Crippen LogP contribution in [0.25, 0.3) is 0 Å². The lowest BCUT2D eigenvalue weighted by Gasteiger charge is -2.48. The number of carboxylic acids is 2. The molecule has 2 aromatic carbocycles. The minimum atomic E-state index is -1.26. The molecule has 0 aliphatic carbocycles. The molecule has 4 bridgehead atoms. The monoisotopic (exact) mass is 762 g/mol. The van der Waals surface area contributed by atoms with Crippen molar-refractivity contribution in [2.24, 2.45) is 11.8 Å². The molecule has 2 amide bonds. The van der Waals surface area contributed by atoms with E-state index in [9.17, 15) is 19.2 Å². The average molecular weight is 764 g/mol. The molecule has 52 heavy (non-hydrogen) atoms. The Hall–Kier alpha value is -4.24. The fourth-order valence-corrected chi connectivity index (χ4v) is 7.71. The van der Waals surface area contributed by atoms with Gasteiger partial charge in [0, 0.05) is 63.6 Å². The summed E-state index contributed by atoms with van der Waals surface area (Å²) >= 11 is 12.2. The summed E-state index contributed by atoms with van der Waals surface area (Å²) in [6, 6.07) is 6.96. The third-order valence-corrected chi connectivity index (χ3v) is 11.0. The number of nitrogens with zero attached hydrogens (tertiary/aromatic N) is 4. The van der Waals surface area contributed by atoms with Crippen LogP contribution in [-0.4, -0.2) is 133 Å². The molecule has 8 rings (SSSR count). The van der Waals surface area contributed by atoms with Gasteiger partial charge < -0.3 is 50.8 Å². The number of rotatable bonds is 8. The van der Waals surface area contributed by atoms with Crippen LogP contribution in [0.4, 0.5) is 11.4 Å². The van der Waals surface area contributed by atoms with Crippen LogP contribution in [-0.2, 0) is 9.59 Å². The van der Waals surface area contributed by atoms with Gasteiger partial charge in [0.05, 0.1) is 46.8 Å². The van der Waals surface area contributed by atoms with Crippen LogP contribution in [0.1, 0.15) is 46.4 Å². The zero-order valence-corrected chi connectivity index (χ0v) is 31.4. The summed E-state index contributed by atoms with van der Waals surface area (Å²) in [5, 5.41) is 16.4. The van der Waals surface area contributed by atoms with Crippen LogP contribution in [0.2, 0.25) is 10.0 Å². The van der Waals surface area contributed by atoms with Crippen molar-refractivity contribution in [1.29, 1.82) is 0 Å². The number of nitrogens with two attached hydrogens (primary N) is 2. The first-order valence-corrected chi connectivity index (χ1v) is 17.8. The summed E-state index contributed by atoms with van der Waals surface area (Å²) in [6.45, 7) is 6.52. The smallest absolute Gasteiger partial charge is 0.328 e. The number of hydrogen-bond acceptors (Lipinski definition) is 10. The van der Waals surface area contributed by atoms with Gasteiger partial charge in [-0.15, -0.1) is 0 Å². The predicted octanol–water partition coefficient (Wildman–Crippen LogP) is 3.91. The molecule has 0 spiro atoms. The van der Waals surface area contributed by atoms with Gasteiger partial charge in [0.2, 0.25) is 0 Å². The molecule has 0 aromatic heterocycles. The van der Waals surface area contributed by atoms with E-state index in [0.29, 0.717) is 68.0 Å². The van der Waals surface area contributed by atoms with Gasteiger partial charge in [0.1, 0.15) is 11.5 Å². The molecule has 6 N–H and O–H groups in total. The Kier molecular flexibility index (Phi) is 14.0. The van der Waals surface area contributed by atoms with Crippen molar-refractivity contribution in [2.75, 3.05) is 79.1 Å². The second kappa shape index (κ2) is 18.0. The van der Waals surface area contributed by atoms with Gasteiger partial charge in [-0.3, -0.25) is 9.59 Å². The maximum atomic E-state index is 12.9. The van der Waals surface area contributed by atoms with Crippen LogP contribution >= 0.6 is 23.2 Å². The highest BCUT2D eigenvalue weighted by atomic mass is 35.5. The van der Waals surface area contributed by atoms with Crippen molar-refractivity contribution in [2.45, 2.75) is 37.8 Å². The van der Waals surface area contributed by atoms with Crippen molar-refractivity contribution in [1.82, 2.24) is 19.6 Å². The van der Waals surface area contributed by atoms with Gasteiger partial charge in [0.25, 0.3) is 11.8 Å². The number of anilines is 2. The van der Waals surface area contributed by atoms with E-state index in [1.807, 2.05) is 23.9 Å². The van der Waals surface area contributed by atoms with Crippen molar-refractivity contribution in [3.63, 3.8) is 0 Å². The van der Waals surface area contributed by atoms with E-state index in [0.717, 1.165) is 39.3 Å². The fourth-order valence-electron chi connectivity index (χ4n) is 7.38. The second-order valence-electron chi connectivity index (χ2n) is 13.4. The van der Waals surface area contributed by atoms with Crippen LogP contribution in [0.5, 0.6) is 11.5 Å². The highest BCUT2D eigenvalue weighted by Gasteiger charge is 2.40. The molecule has 0 radical (unpaired) electrons.